The van der Waals surface area contributed by atoms with Crippen LogP contribution >= 0.6 is 0 Å². The van der Waals surface area contributed by atoms with Crippen LogP contribution in [0.2, 0.25) is 0 Å². The summed E-state index contributed by atoms with van der Waals surface area (Å²) >= 11 is 0. The zero-order valence-electron chi connectivity index (χ0n) is 17.1. The smallest absolute Gasteiger partial charge is 0.305 e. The number of aliphatic hydroxyl groups is 3. The Morgan fingerprint density at radius 1 is 1.19 bits per heavy atom. The van der Waals surface area contributed by atoms with Crippen molar-refractivity contribution in [2.45, 2.75) is 89.4 Å². The maximum Gasteiger partial charge on any atom is 0.305 e. The molecule has 5 atom stereocenters. The molecule has 3 N–H and O–H groups in total. The zero-order valence-corrected chi connectivity index (χ0v) is 17.1. The molecule has 0 unspecified atom stereocenters. The monoisotopic (exact) mass is 382 g/mol. The van der Waals surface area contributed by atoms with E-state index >= 15 is 0 Å². The molecule has 5 heteroatoms. The van der Waals surface area contributed by atoms with Gasteiger partial charge >= 0.3 is 5.97 Å². The maximum absolute atomic E-state index is 11.1. The van der Waals surface area contributed by atoms with E-state index in [-0.39, 0.29) is 17.8 Å². The average Bonchev–Trinajstić information content (AvgIpc) is 2.89. The summed E-state index contributed by atoms with van der Waals surface area (Å²) < 4.78 is 4.61. The number of aliphatic hydroxyl groups excluding tert-OH is 2. The molecule has 1 fully saturated rings. The summed E-state index contributed by atoms with van der Waals surface area (Å²) in [6.45, 7) is 3.93. The van der Waals surface area contributed by atoms with Crippen molar-refractivity contribution in [2.24, 2.45) is 11.8 Å². The van der Waals surface area contributed by atoms with Crippen molar-refractivity contribution >= 4 is 5.97 Å². The first-order chi connectivity index (χ1) is 12.8. The largest absolute Gasteiger partial charge is 0.469 e. The van der Waals surface area contributed by atoms with E-state index in [1.165, 1.54) is 7.11 Å². The molecule has 1 saturated carbocycles. The normalized spacial score (nSPS) is 28.1. The summed E-state index contributed by atoms with van der Waals surface area (Å²) in [6.07, 6.45) is 13.4. The first-order valence-corrected chi connectivity index (χ1v) is 10.3. The van der Waals surface area contributed by atoms with E-state index < -0.39 is 17.8 Å². The molecule has 0 aliphatic heterocycles. The summed E-state index contributed by atoms with van der Waals surface area (Å²) in [4.78, 5) is 11.1. The summed E-state index contributed by atoms with van der Waals surface area (Å²) in [7, 11) is 1.39. The van der Waals surface area contributed by atoms with Gasteiger partial charge in [0.2, 0.25) is 0 Å². The molecule has 1 aliphatic carbocycles. The SMILES string of the molecule is CCCCC[C@@](C)(O)/C=C/[C@H]1[C@@H](C/C=C\CCCC(=O)OC)[C@@H](O)C[C@H]1O. The molecule has 0 bridgehead atoms. The molecule has 156 valence electrons. The number of carbonyl (C=O) groups is 1. The molecule has 0 aromatic heterocycles. The number of hydrogen-bond donors (Lipinski definition) is 3. The summed E-state index contributed by atoms with van der Waals surface area (Å²) in [5.41, 5.74) is -0.878. The van der Waals surface area contributed by atoms with E-state index in [2.05, 4.69) is 11.7 Å². The topological polar surface area (TPSA) is 87.0 Å². The highest BCUT2D eigenvalue weighted by molar-refractivity contribution is 5.69. The van der Waals surface area contributed by atoms with Gasteiger partial charge in [0.1, 0.15) is 0 Å². The summed E-state index contributed by atoms with van der Waals surface area (Å²) in [5.74, 6) is -0.411. The third-order valence-electron chi connectivity index (χ3n) is 5.43. The Morgan fingerprint density at radius 2 is 1.93 bits per heavy atom. The number of ether oxygens (including phenoxy) is 1. The van der Waals surface area contributed by atoms with Crippen molar-refractivity contribution in [3.63, 3.8) is 0 Å². The molecule has 27 heavy (non-hydrogen) atoms. The third-order valence-corrected chi connectivity index (χ3v) is 5.43. The van der Waals surface area contributed by atoms with Crippen molar-refractivity contribution in [3.8, 4) is 0 Å². The summed E-state index contributed by atoms with van der Waals surface area (Å²) in [5, 5.41) is 31.1. The first-order valence-electron chi connectivity index (χ1n) is 10.3. The van der Waals surface area contributed by atoms with Crippen LogP contribution in [0, 0.1) is 11.8 Å². The van der Waals surface area contributed by atoms with Gasteiger partial charge in [-0.1, -0.05) is 50.5 Å². The van der Waals surface area contributed by atoms with E-state index in [1.54, 1.807) is 13.0 Å². The standard InChI is InChI=1S/C22H38O5/c1-4-5-10-14-22(2,26)15-13-18-17(19(23)16-20(18)24)11-8-6-7-9-12-21(25)27-3/h6,8,13,15,17-20,23-24,26H,4-5,7,9-12,14,16H2,1-3H3/b8-6-,15-13+/t17-,18+,19+,20-,22-/m1/s1. The van der Waals surface area contributed by atoms with E-state index in [0.717, 1.165) is 32.1 Å². The van der Waals surface area contributed by atoms with Crippen LogP contribution in [0.15, 0.2) is 24.3 Å². The van der Waals surface area contributed by atoms with E-state index in [4.69, 9.17) is 0 Å². The van der Waals surface area contributed by atoms with Crippen LogP contribution in [0.4, 0.5) is 0 Å². The first kappa shape index (κ1) is 23.9. The second-order valence-corrected chi connectivity index (χ2v) is 7.96. The molecule has 0 saturated heterocycles. The molecule has 0 spiro atoms. The molecule has 5 nitrogen and oxygen atoms in total. The highest BCUT2D eigenvalue weighted by Gasteiger charge is 2.39. The molecule has 1 rings (SSSR count). The van der Waals surface area contributed by atoms with Gasteiger partial charge in [-0.15, -0.1) is 0 Å². The molecule has 0 aromatic carbocycles. The summed E-state index contributed by atoms with van der Waals surface area (Å²) in [6, 6.07) is 0. The molecule has 0 aromatic rings. The minimum Gasteiger partial charge on any atom is -0.469 e. The minimum atomic E-state index is -0.878. The van der Waals surface area contributed by atoms with Gasteiger partial charge in [-0.05, 0) is 38.5 Å². The molecule has 0 heterocycles. The second kappa shape index (κ2) is 12.3. The van der Waals surface area contributed by atoms with Gasteiger partial charge in [0, 0.05) is 18.8 Å². The Morgan fingerprint density at radius 3 is 2.59 bits per heavy atom. The lowest BCUT2D eigenvalue weighted by Crippen LogP contribution is -2.24. The van der Waals surface area contributed by atoms with Crippen LogP contribution in [0.5, 0.6) is 0 Å². The third kappa shape index (κ3) is 9.04. The fraction of sp³-hybridized carbons (Fsp3) is 0.773. The molecular weight excluding hydrogens is 344 g/mol. The van der Waals surface area contributed by atoms with Crippen molar-refractivity contribution in [1.29, 1.82) is 0 Å². The van der Waals surface area contributed by atoms with E-state index in [9.17, 15) is 20.1 Å². The number of unbranched alkanes of at least 4 members (excludes halogenated alkanes) is 3. The Labute approximate surface area is 164 Å². The maximum atomic E-state index is 11.1. The fourth-order valence-corrected chi connectivity index (χ4v) is 3.68. The van der Waals surface area contributed by atoms with Gasteiger partial charge in [-0.25, -0.2) is 0 Å². The number of esters is 1. The van der Waals surface area contributed by atoms with Gasteiger partial charge in [0.15, 0.2) is 0 Å². The van der Waals surface area contributed by atoms with Crippen LogP contribution in [0.25, 0.3) is 0 Å². The lowest BCUT2D eigenvalue weighted by atomic mass is 9.88. The molecular formula is C22H38O5. The average molecular weight is 383 g/mol. The molecule has 0 amide bonds. The zero-order chi connectivity index (χ0) is 20.3. The van der Waals surface area contributed by atoms with E-state index in [0.29, 0.717) is 25.7 Å². The lowest BCUT2D eigenvalue weighted by molar-refractivity contribution is -0.140. The van der Waals surface area contributed by atoms with Crippen molar-refractivity contribution in [1.82, 2.24) is 0 Å². The molecule has 0 radical (unpaired) electrons. The lowest BCUT2D eigenvalue weighted by Gasteiger charge is -2.23. The van der Waals surface area contributed by atoms with Crippen LogP contribution in [-0.4, -0.2) is 46.2 Å². The van der Waals surface area contributed by atoms with Crippen molar-refractivity contribution in [2.75, 3.05) is 7.11 Å². The minimum absolute atomic E-state index is 0.0560. The van der Waals surface area contributed by atoms with Gasteiger partial charge in [0.05, 0.1) is 24.9 Å². The Bertz CT molecular complexity index is 483. The predicted octanol–water partition coefficient (Wildman–Crippen LogP) is 3.52. The highest BCUT2D eigenvalue weighted by atomic mass is 16.5. The Kier molecular flexibility index (Phi) is 10.9. The van der Waals surface area contributed by atoms with E-state index in [1.807, 2.05) is 18.2 Å². The van der Waals surface area contributed by atoms with Gasteiger partial charge in [0.25, 0.3) is 0 Å². The number of methoxy groups -OCH3 is 1. The second-order valence-electron chi connectivity index (χ2n) is 7.96. The number of carbonyl (C=O) groups excluding carboxylic acids is 1. The molecule has 1 aliphatic rings. The predicted molar refractivity (Wildman–Crippen MR) is 107 cm³/mol. The van der Waals surface area contributed by atoms with Crippen molar-refractivity contribution in [3.05, 3.63) is 24.3 Å². The van der Waals surface area contributed by atoms with Crippen LogP contribution in [0.1, 0.15) is 71.6 Å². The van der Waals surface area contributed by atoms with Crippen LogP contribution < -0.4 is 0 Å². The van der Waals surface area contributed by atoms with Crippen LogP contribution in [-0.2, 0) is 9.53 Å². The van der Waals surface area contributed by atoms with Gasteiger partial charge < -0.3 is 20.1 Å². The fourth-order valence-electron chi connectivity index (χ4n) is 3.68. The van der Waals surface area contributed by atoms with Gasteiger partial charge in [-0.3, -0.25) is 4.79 Å². The van der Waals surface area contributed by atoms with Crippen LogP contribution in [0.3, 0.4) is 0 Å². The quantitative estimate of drug-likeness (QED) is 0.273. The number of hydrogen-bond acceptors (Lipinski definition) is 5. The Balaban J connectivity index is 2.54. The Hall–Kier alpha value is -1.17. The highest BCUT2D eigenvalue weighted by Crippen LogP contribution is 2.37. The van der Waals surface area contributed by atoms with Gasteiger partial charge in [-0.2, -0.15) is 0 Å². The number of rotatable bonds is 12. The van der Waals surface area contributed by atoms with Crippen molar-refractivity contribution < 1.29 is 24.9 Å². The number of allylic oxidation sites excluding steroid dienone is 2.